The van der Waals surface area contributed by atoms with Gasteiger partial charge in [0.2, 0.25) is 0 Å². The van der Waals surface area contributed by atoms with Crippen LogP contribution in [0.4, 0.5) is 20.2 Å². The van der Waals surface area contributed by atoms with Crippen LogP contribution in [-0.4, -0.2) is 13.1 Å². The van der Waals surface area contributed by atoms with Crippen molar-refractivity contribution in [3.63, 3.8) is 0 Å². The Morgan fingerprint density at radius 2 is 2.06 bits per heavy atom. The van der Waals surface area contributed by atoms with Crippen molar-refractivity contribution in [2.75, 3.05) is 23.7 Å². The second-order valence-electron chi connectivity index (χ2n) is 4.69. The Kier molecular flexibility index (Phi) is 3.50. The van der Waals surface area contributed by atoms with Crippen LogP contribution in [-0.2, 0) is 0 Å². The summed E-state index contributed by atoms with van der Waals surface area (Å²) in [5.74, 6) is -1.03. The molecule has 0 bridgehead atoms. The second kappa shape index (κ2) is 4.90. The number of hydrogen-bond donors (Lipinski definition) is 1. The van der Waals surface area contributed by atoms with Gasteiger partial charge in [-0.2, -0.15) is 0 Å². The zero-order valence-corrected chi connectivity index (χ0v) is 10.0. The van der Waals surface area contributed by atoms with Crippen molar-refractivity contribution >= 4 is 11.4 Å². The first-order valence-electron chi connectivity index (χ1n) is 6.12. The van der Waals surface area contributed by atoms with E-state index in [2.05, 4.69) is 0 Å². The van der Waals surface area contributed by atoms with Crippen molar-refractivity contribution in [2.24, 2.45) is 5.92 Å². The van der Waals surface area contributed by atoms with Crippen molar-refractivity contribution < 1.29 is 8.78 Å². The molecule has 0 spiro atoms. The monoisotopic (exact) mass is 240 g/mol. The molecule has 2 N–H and O–H groups in total. The number of rotatable bonds is 5. The molecule has 0 aromatic heterocycles. The van der Waals surface area contributed by atoms with E-state index in [1.165, 1.54) is 18.9 Å². The molecule has 1 aromatic rings. The van der Waals surface area contributed by atoms with Gasteiger partial charge in [-0.3, -0.25) is 0 Å². The minimum atomic E-state index is -0.828. The maximum atomic E-state index is 13.8. The minimum absolute atomic E-state index is 0.235. The molecule has 0 unspecified atom stereocenters. The molecule has 0 heterocycles. The summed E-state index contributed by atoms with van der Waals surface area (Å²) in [5.41, 5.74) is 6.32. The van der Waals surface area contributed by atoms with Gasteiger partial charge in [0, 0.05) is 13.1 Å². The topological polar surface area (TPSA) is 29.3 Å². The van der Waals surface area contributed by atoms with E-state index in [9.17, 15) is 8.78 Å². The fourth-order valence-electron chi connectivity index (χ4n) is 2.05. The minimum Gasteiger partial charge on any atom is -0.397 e. The van der Waals surface area contributed by atoms with Gasteiger partial charge in [0.05, 0.1) is 11.4 Å². The molecule has 1 aliphatic rings. The van der Waals surface area contributed by atoms with Gasteiger partial charge < -0.3 is 10.6 Å². The van der Waals surface area contributed by atoms with E-state index >= 15 is 0 Å². The molecule has 0 atom stereocenters. The molecule has 0 saturated heterocycles. The molecular formula is C13H18F2N2. The van der Waals surface area contributed by atoms with E-state index in [0.29, 0.717) is 18.2 Å². The first kappa shape index (κ1) is 12.1. The highest BCUT2D eigenvalue weighted by atomic mass is 19.2. The van der Waals surface area contributed by atoms with Gasteiger partial charge in [0.15, 0.2) is 11.6 Å². The lowest BCUT2D eigenvalue weighted by Crippen LogP contribution is -2.28. The van der Waals surface area contributed by atoms with Crippen LogP contribution in [0.15, 0.2) is 12.1 Å². The molecule has 0 amide bonds. The first-order chi connectivity index (χ1) is 8.13. The summed E-state index contributed by atoms with van der Waals surface area (Å²) >= 11 is 0. The van der Waals surface area contributed by atoms with Gasteiger partial charge in [-0.1, -0.05) is 6.92 Å². The third kappa shape index (κ3) is 2.68. The van der Waals surface area contributed by atoms with Gasteiger partial charge in [0.1, 0.15) is 0 Å². The fourth-order valence-corrected chi connectivity index (χ4v) is 2.05. The third-order valence-corrected chi connectivity index (χ3v) is 3.09. The Morgan fingerprint density at radius 3 is 2.65 bits per heavy atom. The van der Waals surface area contributed by atoms with Crippen molar-refractivity contribution in [2.45, 2.75) is 26.2 Å². The molecule has 2 rings (SSSR count). The van der Waals surface area contributed by atoms with E-state index in [1.807, 2.05) is 11.8 Å². The van der Waals surface area contributed by atoms with Gasteiger partial charge in [-0.25, -0.2) is 8.78 Å². The summed E-state index contributed by atoms with van der Waals surface area (Å²) < 4.78 is 27.1. The molecule has 17 heavy (non-hydrogen) atoms. The molecule has 1 saturated carbocycles. The molecule has 2 nitrogen and oxygen atoms in total. The van der Waals surface area contributed by atoms with Crippen molar-refractivity contribution in [1.29, 1.82) is 0 Å². The Morgan fingerprint density at radius 1 is 1.35 bits per heavy atom. The van der Waals surface area contributed by atoms with Crippen LogP contribution in [0.5, 0.6) is 0 Å². The Labute approximate surface area is 100 Å². The zero-order valence-electron chi connectivity index (χ0n) is 10.0. The second-order valence-corrected chi connectivity index (χ2v) is 4.69. The van der Waals surface area contributed by atoms with E-state index < -0.39 is 11.6 Å². The average Bonchev–Trinajstić information content (AvgIpc) is 3.08. The van der Waals surface area contributed by atoms with Gasteiger partial charge >= 0.3 is 0 Å². The quantitative estimate of drug-likeness (QED) is 0.801. The highest BCUT2D eigenvalue weighted by Gasteiger charge is 2.27. The number of nitrogen functional groups attached to an aromatic ring is 1. The summed E-state index contributed by atoms with van der Waals surface area (Å²) in [6.45, 7) is 3.51. The molecule has 1 aromatic carbocycles. The highest BCUT2D eigenvalue weighted by molar-refractivity contribution is 5.68. The van der Waals surface area contributed by atoms with Crippen molar-refractivity contribution in [3.8, 4) is 0 Å². The number of halogens is 2. The van der Waals surface area contributed by atoms with E-state index in [-0.39, 0.29) is 5.69 Å². The molecule has 94 valence electrons. The van der Waals surface area contributed by atoms with Crippen molar-refractivity contribution in [3.05, 3.63) is 23.8 Å². The Bertz CT molecular complexity index is 403. The number of nitrogens with two attached hydrogens (primary N) is 1. The average molecular weight is 240 g/mol. The molecule has 1 fully saturated rings. The van der Waals surface area contributed by atoms with E-state index in [4.69, 9.17) is 5.73 Å². The van der Waals surface area contributed by atoms with Crippen LogP contribution in [0.25, 0.3) is 0 Å². The van der Waals surface area contributed by atoms with Crippen LogP contribution >= 0.6 is 0 Å². The van der Waals surface area contributed by atoms with Crippen molar-refractivity contribution in [1.82, 2.24) is 0 Å². The van der Waals surface area contributed by atoms with Gasteiger partial charge in [-0.05, 0) is 37.3 Å². The number of hydrogen-bond acceptors (Lipinski definition) is 2. The highest BCUT2D eigenvalue weighted by Crippen LogP contribution is 2.35. The summed E-state index contributed by atoms with van der Waals surface area (Å²) in [4.78, 5) is 1.88. The molecular weight excluding hydrogens is 222 g/mol. The van der Waals surface area contributed by atoms with Gasteiger partial charge in [-0.15, -0.1) is 0 Å². The summed E-state index contributed by atoms with van der Waals surface area (Å²) in [5, 5.41) is 0. The smallest absolute Gasteiger partial charge is 0.184 e. The standard InChI is InChI=1S/C13H18F2N2/c1-2-7-17(8-9-3-4-9)13-11(16)6-5-10(14)12(13)15/h5-6,9H,2-4,7-8,16H2,1H3. The van der Waals surface area contributed by atoms with E-state index in [0.717, 1.165) is 19.0 Å². The predicted molar refractivity (Wildman–Crippen MR) is 66.0 cm³/mol. The number of anilines is 2. The SMILES string of the molecule is CCCN(CC1CC1)c1c(N)ccc(F)c1F. The maximum Gasteiger partial charge on any atom is 0.184 e. The van der Waals surface area contributed by atoms with Crippen LogP contribution in [0.2, 0.25) is 0 Å². The molecule has 0 aliphatic heterocycles. The zero-order chi connectivity index (χ0) is 12.4. The summed E-state index contributed by atoms with van der Waals surface area (Å²) in [6, 6.07) is 2.51. The van der Waals surface area contributed by atoms with Crippen LogP contribution in [0, 0.1) is 17.6 Å². The largest absolute Gasteiger partial charge is 0.397 e. The lowest BCUT2D eigenvalue weighted by molar-refractivity contribution is 0.505. The van der Waals surface area contributed by atoms with Crippen LogP contribution in [0.1, 0.15) is 26.2 Å². The van der Waals surface area contributed by atoms with Gasteiger partial charge in [0.25, 0.3) is 0 Å². The third-order valence-electron chi connectivity index (χ3n) is 3.09. The fraction of sp³-hybridized carbons (Fsp3) is 0.538. The molecule has 1 aliphatic carbocycles. The van der Waals surface area contributed by atoms with E-state index in [1.54, 1.807) is 0 Å². The summed E-state index contributed by atoms with van der Waals surface area (Å²) in [7, 11) is 0. The number of benzene rings is 1. The lowest BCUT2D eigenvalue weighted by atomic mass is 10.2. The predicted octanol–water partition coefficient (Wildman–Crippen LogP) is 3.17. The molecule has 4 heteroatoms. The Balaban J connectivity index is 2.29. The Hall–Kier alpha value is -1.32. The van der Waals surface area contributed by atoms with Crippen LogP contribution in [0.3, 0.4) is 0 Å². The first-order valence-corrected chi connectivity index (χ1v) is 6.12. The lowest BCUT2D eigenvalue weighted by Gasteiger charge is -2.26. The summed E-state index contributed by atoms with van der Waals surface area (Å²) in [6.07, 6.45) is 3.25. The normalized spacial score (nSPS) is 15.0. The number of nitrogens with zero attached hydrogens (tertiary/aromatic N) is 1. The van der Waals surface area contributed by atoms with Crippen LogP contribution < -0.4 is 10.6 Å². The molecule has 0 radical (unpaired) electrons. The maximum absolute atomic E-state index is 13.8.